The van der Waals surface area contributed by atoms with Crippen molar-refractivity contribution < 1.29 is 9.53 Å². The van der Waals surface area contributed by atoms with Crippen LogP contribution in [-0.4, -0.2) is 43.3 Å². The van der Waals surface area contributed by atoms with Gasteiger partial charge < -0.3 is 15.0 Å². The molecular weight excluding hydrogens is 168 g/mol. The summed E-state index contributed by atoms with van der Waals surface area (Å²) in [7, 11) is 1.69. The van der Waals surface area contributed by atoms with E-state index in [-0.39, 0.29) is 18.2 Å². The van der Waals surface area contributed by atoms with Crippen molar-refractivity contribution in [2.24, 2.45) is 0 Å². The summed E-state index contributed by atoms with van der Waals surface area (Å²) in [5, 5.41) is 2.86. The number of rotatable bonds is 2. The number of nitrogens with zero attached hydrogens (tertiary/aromatic N) is 1. The quantitative estimate of drug-likeness (QED) is 0.694. The van der Waals surface area contributed by atoms with E-state index in [1.807, 2.05) is 13.8 Å². The summed E-state index contributed by atoms with van der Waals surface area (Å²) >= 11 is 0. The van der Waals surface area contributed by atoms with Gasteiger partial charge in [-0.05, 0) is 20.3 Å². The average molecular weight is 186 g/mol. The molecule has 0 aliphatic carbocycles. The molecule has 0 spiro atoms. The van der Waals surface area contributed by atoms with Gasteiger partial charge in [-0.15, -0.1) is 0 Å². The van der Waals surface area contributed by atoms with E-state index in [1.165, 1.54) is 0 Å². The molecule has 4 nitrogen and oxygen atoms in total. The first-order valence-corrected chi connectivity index (χ1v) is 4.71. The highest BCUT2D eigenvalue weighted by Crippen LogP contribution is 2.11. The minimum absolute atomic E-state index is 0.0227. The van der Waals surface area contributed by atoms with E-state index in [1.54, 1.807) is 12.0 Å². The SMILES string of the molecule is COC1CCN(C(=O)NC(C)C)C1. The highest BCUT2D eigenvalue weighted by molar-refractivity contribution is 5.74. The van der Waals surface area contributed by atoms with Crippen LogP contribution >= 0.6 is 0 Å². The fourth-order valence-corrected chi connectivity index (χ4v) is 1.44. The van der Waals surface area contributed by atoms with Gasteiger partial charge in [-0.2, -0.15) is 0 Å². The molecule has 1 heterocycles. The van der Waals surface area contributed by atoms with Crippen molar-refractivity contribution in [3.05, 3.63) is 0 Å². The Morgan fingerprint density at radius 2 is 2.31 bits per heavy atom. The van der Waals surface area contributed by atoms with Gasteiger partial charge in [-0.1, -0.05) is 0 Å². The van der Waals surface area contributed by atoms with Gasteiger partial charge in [-0.3, -0.25) is 0 Å². The lowest BCUT2D eigenvalue weighted by atomic mass is 10.3. The van der Waals surface area contributed by atoms with E-state index in [0.717, 1.165) is 19.5 Å². The number of nitrogens with one attached hydrogen (secondary N) is 1. The lowest BCUT2D eigenvalue weighted by Gasteiger charge is -2.18. The lowest BCUT2D eigenvalue weighted by molar-refractivity contribution is 0.110. The Bertz CT molecular complexity index is 182. The van der Waals surface area contributed by atoms with Gasteiger partial charge in [0.25, 0.3) is 0 Å². The molecule has 1 rings (SSSR count). The number of carbonyl (C=O) groups excluding carboxylic acids is 1. The van der Waals surface area contributed by atoms with Gasteiger partial charge in [-0.25, -0.2) is 4.79 Å². The molecule has 1 fully saturated rings. The van der Waals surface area contributed by atoms with Crippen molar-refractivity contribution in [3.8, 4) is 0 Å². The minimum atomic E-state index is 0.0227. The van der Waals surface area contributed by atoms with Crippen LogP contribution in [0, 0.1) is 0 Å². The molecule has 0 bridgehead atoms. The minimum Gasteiger partial charge on any atom is -0.380 e. The van der Waals surface area contributed by atoms with Crippen molar-refractivity contribution in [2.45, 2.75) is 32.4 Å². The standard InChI is InChI=1S/C9H18N2O2/c1-7(2)10-9(12)11-5-4-8(6-11)13-3/h7-8H,4-6H2,1-3H3,(H,10,12). The molecule has 1 unspecified atom stereocenters. The molecule has 0 saturated carbocycles. The molecule has 1 N–H and O–H groups in total. The summed E-state index contributed by atoms with van der Waals surface area (Å²) in [5.74, 6) is 0. The molecule has 1 saturated heterocycles. The third-order valence-corrected chi connectivity index (χ3v) is 2.18. The Kier molecular flexibility index (Phi) is 3.54. The molecule has 0 aromatic rings. The predicted molar refractivity (Wildman–Crippen MR) is 50.7 cm³/mol. The first kappa shape index (κ1) is 10.3. The third kappa shape index (κ3) is 2.88. The number of methoxy groups -OCH3 is 1. The van der Waals surface area contributed by atoms with Crippen LogP contribution in [0.15, 0.2) is 0 Å². The number of carbonyl (C=O) groups is 1. The first-order valence-electron chi connectivity index (χ1n) is 4.71. The summed E-state index contributed by atoms with van der Waals surface area (Å²) in [4.78, 5) is 13.3. The van der Waals surface area contributed by atoms with E-state index in [9.17, 15) is 4.79 Å². The molecular formula is C9H18N2O2. The maximum Gasteiger partial charge on any atom is 0.317 e. The highest BCUT2D eigenvalue weighted by Gasteiger charge is 2.25. The van der Waals surface area contributed by atoms with Gasteiger partial charge in [0.2, 0.25) is 0 Å². The second kappa shape index (κ2) is 4.46. The molecule has 2 amide bonds. The molecule has 13 heavy (non-hydrogen) atoms. The normalized spacial score (nSPS) is 22.5. The fourth-order valence-electron chi connectivity index (χ4n) is 1.44. The van der Waals surface area contributed by atoms with Crippen molar-refractivity contribution in [2.75, 3.05) is 20.2 Å². The van der Waals surface area contributed by atoms with E-state index < -0.39 is 0 Å². The molecule has 4 heteroatoms. The van der Waals surface area contributed by atoms with E-state index in [4.69, 9.17) is 4.74 Å². The average Bonchev–Trinajstić information content (AvgIpc) is 2.50. The number of hydrogen-bond donors (Lipinski definition) is 1. The van der Waals surface area contributed by atoms with Crippen molar-refractivity contribution >= 4 is 6.03 Å². The first-order chi connectivity index (χ1) is 6.13. The van der Waals surface area contributed by atoms with Gasteiger partial charge in [0.15, 0.2) is 0 Å². The Balaban J connectivity index is 2.33. The number of urea groups is 1. The maximum atomic E-state index is 11.5. The highest BCUT2D eigenvalue weighted by atomic mass is 16.5. The molecule has 76 valence electrons. The van der Waals surface area contributed by atoms with E-state index >= 15 is 0 Å². The van der Waals surface area contributed by atoms with Gasteiger partial charge in [0.1, 0.15) is 0 Å². The maximum absolute atomic E-state index is 11.5. The summed E-state index contributed by atoms with van der Waals surface area (Å²) in [6.45, 7) is 5.44. The van der Waals surface area contributed by atoms with Crippen LogP contribution in [0.2, 0.25) is 0 Å². The summed E-state index contributed by atoms with van der Waals surface area (Å²) < 4.78 is 5.17. The summed E-state index contributed by atoms with van der Waals surface area (Å²) in [6, 6.07) is 0.226. The van der Waals surface area contributed by atoms with Crippen LogP contribution in [0.4, 0.5) is 4.79 Å². The largest absolute Gasteiger partial charge is 0.380 e. The molecule has 0 aromatic carbocycles. The smallest absolute Gasteiger partial charge is 0.317 e. The van der Waals surface area contributed by atoms with Crippen molar-refractivity contribution in [1.82, 2.24) is 10.2 Å². The molecule has 0 radical (unpaired) electrons. The molecule has 1 aliphatic heterocycles. The molecule has 1 aliphatic rings. The van der Waals surface area contributed by atoms with Gasteiger partial charge in [0, 0.05) is 26.2 Å². The van der Waals surface area contributed by atoms with Crippen LogP contribution < -0.4 is 5.32 Å². The fraction of sp³-hybridized carbons (Fsp3) is 0.889. The lowest BCUT2D eigenvalue weighted by Crippen LogP contribution is -2.42. The Morgan fingerprint density at radius 3 is 2.77 bits per heavy atom. The Labute approximate surface area is 79.2 Å². The third-order valence-electron chi connectivity index (χ3n) is 2.18. The van der Waals surface area contributed by atoms with Crippen LogP contribution in [0.1, 0.15) is 20.3 Å². The Morgan fingerprint density at radius 1 is 1.62 bits per heavy atom. The van der Waals surface area contributed by atoms with E-state index in [2.05, 4.69) is 5.32 Å². The van der Waals surface area contributed by atoms with Gasteiger partial charge in [0.05, 0.1) is 6.10 Å². The predicted octanol–water partition coefficient (Wildman–Crippen LogP) is 0.825. The van der Waals surface area contributed by atoms with Crippen LogP contribution in [-0.2, 0) is 4.74 Å². The summed E-state index contributed by atoms with van der Waals surface area (Å²) in [5.41, 5.74) is 0. The van der Waals surface area contributed by atoms with Crippen molar-refractivity contribution in [3.63, 3.8) is 0 Å². The Hall–Kier alpha value is -0.770. The zero-order valence-electron chi connectivity index (χ0n) is 8.54. The topological polar surface area (TPSA) is 41.6 Å². The monoisotopic (exact) mass is 186 g/mol. The second-order valence-corrected chi connectivity index (χ2v) is 3.70. The van der Waals surface area contributed by atoms with E-state index in [0.29, 0.717) is 0 Å². The van der Waals surface area contributed by atoms with Crippen LogP contribution in [0.3, 0.4) is 0 Å². The molecule has 0 aromatic heterocycles. The summed E-state index contributed by atoms with van der Waals surface area (Å²) in [6.07, 6.45) is 1.17. The number of likely N-dealkylation sites (tertiary alicyclic amines) is 1. The number of hydrogen-bond acceptors (Lipinski definition) is 2. The van der Waals surface area contributed by atoms with Crippen LogP contribution in [0.25, 0.3) is 0 Å². The number of amides is 2. The van der Waals surface area contributed by atoms with Crippen LogP contribution in [0.5, 0.6) is 0 Å². The zero-order chi connectivity index (χ0) is 9.84. The second-order valence-electron chi connectivity index (χ2n) is 3.70. The van der Waals surface area contributed by atoms with Crippen molar-refractivity contribution in [1.29, 1.82) is 0 Å². The zero-order valence-corrected chi connectivity index (χ0v) is 8.54. The number of ether oxygens (including phenoxy) is 1. The molecule has 1 atom stereocenters. The van der Waals surface area contributed by atoms with Gasteiger partial charge >= 0.3 is 6.03 Å².